The van der Waals surface area contributed by atoms with Gasteiger partial charge < -0.3 is 10.1 Å². The molecule has 1 aromatic carbocycles. The van der Waals surface area contributed by atoms with E-state index in [2.05, 4.69) is 15.3 Å². The summed E-state index contributed by atoms with van der Waals surface area (Å²) < 4.78 is 4.89. The summed E-state index contributed by atoms with van der Waals surface area (Å²) in [6.45, 7) is 0.219. The van der Waals surface area contributed by atoms with Gasteiger partial charge in [-0.05, 0) is 0 Å². The number of nitro groups is 1. The van der Waals surface area contributed by atoms with Crippen molar-refractivity contribution in [2.24, 2.45) is 0 Å². The number of ether oxygens (including phenoxy) is 1. The predicted octanol–water partition coefficient (Wildman–Crippen LogP) is 2.66. The molecule has 104 valence electrons. The topological polar surface area (TPSA) is 90.2 Å². The lowest BCUT2D eigenvalue weighted by molar-refractivity contribution is -0.385. The summed E-state index contributed by atoms with van der Waals surface area (Å²) in [5, 5.41) is 14.1. The normalized spacial score (nSPS) is 10.1. The summed E-state index contributed by atoms with van der Waals surface area (Å²) in [5.74, 6) is 0.358. The van der Waals surface area contributed by atoms with Gasteiger partial charge in [0.15, 0.2) is 5.82 Å². The fourth-order valence-corrected chi connectivity index (χ4v) is 1.75. The van der Waals surface area contributed by atoms with Crippen LogP contribution in [0.15, 0.2) is 30.5 Å². The molecule has 1 aromatic heterocycles. The number of aromatic nitrogens is 2. The minimum atomic E-state index is -0.431. The van der Waals surface area contributed by atoms with E-state index < -0.39 is 4.92 Å². The summed E-state index contributed by atoms with van der Waals surface area (Å²) in [6.07, 6.45) is 1.40. The van der Waals surface area contributed by atoms with Crippen LogP contribution in [-0.2, 0) is 6.54 Å². The Labute approximate surface area is 119 Å². The van der Waals surface area contributed by atoms with Crippen LogP contribution in [-0.4, -0.2) is 22.0 Å². The number of anilines is 1. The maximum Gasteiger partial charge on any atom is 0.318 e. The first-order chi connectivity index (χ1) is 9.61. The lowest BCUT2D eigenvalue weighted by atomic mass is 10.2. The molecule has 0 aliphatic rings. The highest BCUT2D eigenvalue weighted by Crippen LogP contribution is 2.23. The first-order valence-electron chi connectivity index (χ1n) is 5.64. The van der Waals surface area contributed by atoms with Crippen LogP contribution in [0.5, 0.6) is 6.01 Å². The van der Waals surface area contributed by atoms with Crippen molar-refractivity contribution in [3.63, 3.8) is 0 Å². The second-order valence-electron chi connectivity index (χ2n) is 3.79. The number of benzene rings is 1. The monoisotopic (exact) mass is 294 g/mol. The Morgan fingerprint density at radius 2 is 2.20 bits per heavy atom. The highest BCUT2D eigenvalue weighted by Gasteiger charge is 2.13. The van der Waals surface area contributed by atoms with Crippen molar-refractivity contribution in [2.75, 3.05) is 12.4 Å². The highest BCUT2D eigenvalue weighted by molar-refractivity contribution is 6.32. The second-order valence-corrected chi connectivity index (χ2v) is 4.20. The van der Waals surface area contributed by atoms with Crippen molar-refractivity contribution in [1.29, 1.82) is 0 Å². The van der Waals surface area contributed by atoms with Crippen molar-refractivity contribution >= 4 is 23.1 Å². The van der Waals surface area contributed by atoms with Gasteiger partial charge in [0, 0.05) is 18.2 Å². The first-order valence-corrected chi connectivity index (χ1v) is 6.02. The van der Waals surface area contributed by atoms with Crippen molar-refractivity contribution in [3.05, 3.63) is 51.2 Å². The molecule has 0 spiro atoms. The Morgan fingerprint density at radius 3 is 2.90 bits per heavy atom. The molecule has 7 nitrogen and oxygen atoms in total. The van der Waals surface area contributed by atoms with E-state index in [1.807, 2.05) is 0 Å². The molecule has 0 aliphatic carbocycles. The maximum atomic E-state index is 10.9. The van der Waals surface area contributed by atoms with E-state index >= 15 is 0 Å². The zero-order chi connectivity index (χ0) is 14.5. The fourth-order valence-electron chi connectivity index (χ4n) is 1.59. The number of nitro benzene ring substituents is 1. The summed E-state index contributed by atoms with van der Waals surface area (Å²) >= 11 is 5.94. The summed E-state index contributed by atoms with van der Waals surface area (Å²) in [4.78, 5) is 18.4. The average Bonchev–Trinajstić information content (AvgIpc) is 2.46. The molecule has 8 heteroatoms. The van der Waals surface area contributed by atoms with Crippen molar-refractivity contribution in [3.8, 4) is 6.01 Å². The quantitative estimate of drug-likeness (QED) is 0.673. The Kier molecular flexibility index (Phi) is 4.31. The summed E-state index contributed by atoms with van der Waals surface area (Å²) in [6, 6.07) is 6.62. The number of hydrogen-bond acceptors (Lipinski definition) is 6. The third-order valence-corrected chi connectivity index (χ3v) is 2.82. The molecule has 0 bridgehead atoms. The third-order valence-electron chi connectivity index (χ3n) is 2.54. The van der Waals surface area contributed by atoms with Crippen LogP contribution >= 0.6 is 11.6 Å². The van der Waals surface area contributed by atoms with Crippen molar-refractivity contribution < 1.29 is 9.66 Å². The Balaban J connectivity index is 2.19. The van der Waals surface area contributed by atoms with Gasteiger partial charge in [-0.1, -0.05) is 29.8 Å². The molecule has 0 atom stereocenters. The number of halogens is 1. The van der Waals surface area contributed by atoms with Crippen molar-refractivity contribution in [2.45, 2.75) is 6.54 Å². The molecule has 0 aliphatic heterocycles. The van der Waals surface area contributed by atoms with Crippen molar-refractivity contribution in [1.82, 2.24) is 9.97 Å². The molecule has 1 N–H and O–H groups in total. The van der Waals surface area contributed by atoms with E-state index in [1.165, 1.54) is 19.4 Å². The average molecular weight is 295 g/mol. The Bertz CT molecular complexity index is 636. The SMILES string of the molecule is COc1ncc(Cl)c(NCc2ccccc2[N+](=O)[O-])n1. The molecular weight excluding hydrogens is 284 g/mol. The lowest BCUT2D eigenvalue weighted by Crippen LogP contribution is -2.06. The van der Waals surface area contributed by atoms with E-state index in [-0.39, 0.29) is 18.2 Å². The Hall–Kier alpha value is -2.41. The van der Waals surface area contributed by atoms with E-state index in [0.717, 1.165) is 0 Å². The third kappa shape index (κ3) is 3.12. The van der Waals surface area contributed by atoms with Crippen LogP contribution in [0.2, 0.25) is 5.02 Å². The van der Waals surface area contributed by atoms with Gasteiger partial charge in [-0.3, -0.25) is 10.1 Å². The second kappa shape index (κ2) is 6.16. The van der Waals surface area contributed by atoms with Gasteiger partial charge >= 0.3 is 6.01 Å². The van der Waals surface area contributed by atoms with Crippen LogP contribution in [0, 0.1) is 10.1 Å². The predicted molar refractivity (Wildman–Crippen MR) is 74.0 cm³/mol. The molecule has 0 unspecified atom stereocenters. The largest absolute Gasteiger partial charge is 0.467 e. The van der Waals surface area contributed by atoms with E-state index in [9.17, 15) is 10.1 Å². The molecule has 0 fully saturated rings. The van der Waals surface area contributed by atoms with Gasteiger partial charge in [0.25, 0.3) is 5.69 Å². The van der Waals surface area contributed by atoms with Crippen LogP contribution in [0.25, 0.3) is 0 Å². The van der Waals surface area contributed by atoms with Crippen LogP contribution in [0.4, 0.5) is 11.5 Å². The minimum Gasteiger partial charge on any atom is -0.467 e. The standard InChI is InChI=1S/C12H11ClN4O3/c1-20-12-15-7-9(13)11(16-12)14-6-8-4-2-3-5-10(8)17(18)19/h2-5,7H,6H2,1H3,(H,14,15,16). The fraction of sp³-hybridized carbons (Fsp3) is 0.167. The number of nitrogens with one attached hydrogen (secondary N) is 1. The molecular formula is C12H11ClN4O3. The summed E-state index contributed by atoms with van der Waals surface area (Å²) in [5.41, 5.74) is 0.572. The molecule has 1 heterocycles. The van der Waals surface area contributed by atoms with Gasteiger partial charge in [-0.25, -0.2) is 4.98 Å². The Morgan fingerprint density at radius 1 is 1.45 bits per heavy atom. The molecule has 0 saturated heterocycles. The van der Waals surface area contributed by atoms with Crippen LogP contribution in [0.1, 0.15) is 5.56 Å². The summed E-state index contributed by atoms with van der Waals surface area (Å²) in [7, 11) is 1.44. The number of para-hydroxylation sites is 1. The zero-order valence-electron chi connectivity index (χ0n) is 10.5. The van der Waals surface area contributed by atoms with E-state index in [1.54, 1.807) is 18.2 Å². The number of rotatable bonds is 5. The molecule has 0 amide bonds. The smallest absolute Gasteiger partial charge is 0.318 e. The van der Waals surface area contributed by atoms with Crippen LogP contribution in [0.3, 0.4) is 0 Å². The van der Waals surface area contributed by atoms with E-state index in [4.69, 9.17) is 16.3 Å². The number of methoxy groups -OCH3 is 1. The van der Waals surface area contributed by atoms with Gasteiger partial charge in [0.05, 0.1) is 18.2 Å². The van der Waals surface area contributed by atoms with Crippen LogP contribution < -0.4 is 10.1 Å². The minimum absolute atomic E-state index is 0.0390. The molecule has 0 radical (unpaired) electrons. The lowest BCUT2D eigenvalue weighted by Gasteiger charge is -2.08. The molecule has 0 saturated carbocycles. The highest BCUT2D eigenvalue weighted by atomic mass is 35.5. The van der Waals surface area contributed by atoms with Gasteiger partial charge in [-0.15, -0.1) is 0 Å². The first kappa shape index (κ1) is 14.0. The van der Waals surface area contributed by atoms with Gasteiger partial charge in [0.2, 0.25) is 0 Å². The molecule has 2 aromatic rings. The molecule has 20 heavy (non-hydrogen) atoms. The van der Waals surface area contributed by atoms with Gasteiger partial charge in [-0.2, -0.15) is 4.98 Å². The zero-order valence-corrected chi connectivity index (χ0v) is 11.3. The maximum absolute atomic E-state index is 10.9. The van der Waals surface area contributed by atoms with Gasteiger partial charge in [0.1, 0.15) is 5.02 Å². The van der Waals surface area contributed by atoms with E-state index in [0.29, 0.717) is 16.4 Å². The number of hydrogen-bond donors (Lipinski definition) is 1. The molecule has 2 rings (SSSR count). The number of nitrogens with zero attached hydrogens (tertiary/aromatic N) is 3.